The van der Waals surface area contributed by atoms with Gasteiger partial charge in [0.25, 0.3) is 0 Å². The molecule has 0 unspecified atom stereocenters. The number of hydrogen-bond acceptors (Lipinski definition) is 22. The van der Waals surface area contributed by atoms with Crippen molar-refractivity contribution in [1.82, 2.24) is 119 Å². The van der Waals surface area contributed by atoms with Crippen molar-refractivity contribution in [2.75, 3.05) is 6.54 Å². The number of nitrogens with two attached hydrogens (primary N) is 2. The Morgan fingerprint density at radius 2 is 0.480 bits per heavy atom. The maximum Gasteiger partial charge on any atom is 0.326 e. The topological polar surface area (TPSA) is 648 Å². The molecule has 0 bridgehead atoms. The summed E-state index contributed by atoms with van der Waals surface area (Å²) in [6, 6.07) is -19.4. The summed E-state index contributed by atoms with van der Waals surface area (Å²) in [7, 11) is 0. The fourth-order valence-electron chi connectivity index (χ4n) is 13.8. The van der Waals surface area contributed by atoms with Gasteiger partial charge < -0.3 is 116 Å². The van der Waals surface area contributed by atoms with E-state index in [9.17, 15) is 72.5 Å². The number of unbranched alkanes of at least 4 members (excludes halogenated alkanes) is 1. The van der Waals surface area contributed by atoms with Gasteiger partial charge in [-0.05, 0) is 119 Å². The van der Waals surface area contributed by atoms with Crippen LogP contribution in [0, 0.1) is 41.4 Å². The summed E-state index contributed by atoms with van der Waals surface area (Å²) in [5, 5.41) is 55.1. The Balaban J connectivity index is 1.39. The Morgan fingerprint density at radius 1 is 0.280 bits per heavy atom. The van der Waals surface area contributed by atoms with Crippen molar-refractivity contribution in [1.29, 1.82) is 0 Å². The monoisotopic (exact) mass is 1750 g/mol. The molecule has 42 nitrogen and oxygen atoms in total. The average Bonchev–Trinajstić information content (AvgIpc) is 1.63. The molecule has 13 amide bonds. The Kier molecular flexibility index (Phi) is 43.6. The predicted octanol–water partition coefficient (Wildman–Crippen LogP) is -0.154. The summed E-state index contributed by atoms with van der Waals surface area (Å²) < 4.78 is 0. The molecule has 5 rings (SSSR count). The lowest BCUT2D eigenvalue weighted by Gasteiger charge is -2.30. The normalized spacial score (nSPS) is 14.9. The van der Waals surface area contributed by atoms with Crippen molar-refractivity contribution in [3.8, 4) is 0 Å². The van der Waals surface area contributed by atoms with E-state index in [0.717, 1.165) is 0 Å². The van der Waals surface area contributed by atoms with E-state index in [1.165, 1.54) is 62.6 Å². The van der Waals surface area contributed by atoms with E-state index in [4.69, 9.17) is 11.5 Å². The predicted molar refractivity (Wildman–Crippen MR) is 458 cm³/mol. The van der Waals surface area contributed by atoms with Crippen LogP contribution in [0.2, 0.25) is 0 Å². The van der Waals surface area contributed by atoms with Crippen LogP contribution in [0.1, 0.15) is 202 Å². The number of amides is 13. The van der Waals surface area contributed by atoms with Crippen molar-refractivity contribution >= 4 is 88.7 Å². The number of nitrogens with one attached hydrogen (secondary N) is 18. The van der Waals surface area contributed by atoms with Crippen LogP contribution in [-0.4, -0.2) is 240 Å². The molecular weight excluding hydrogens is 1620 g/mol. The number of aromatic nitrogens is 10. The number of imidazole rings is 5. The third-order valence-electron chi connectivity index (χ3n) is 20.0. The molecular formula is C83H133N25O17. The molecule has 0 aliphatic rings. The minimum absolute atomic E-state index is 0.00779. The molecule has 0 aliphatic heterocycles. The molecule has 0 radical (unpaired) electrons. The zero-order chi connectivity index (χ0) is 92.7. The minimum Gasteiger partial charge on any atom is -0.481 e. The summed E-state index contributed by atoms with van der Waals surface area (Å²) >= 11 is 0. The second-order valence-electron chi connectivity index (χ2n) is 34.8. The summed E-state index contributed by atoms with van der Waals surface area (Å²) in [5.41, 5.74) is 13.8. The summed E-state index contributed by atoms with van der Waals surface area (Å²) in [6.45, 7) is 25.4. The highest BCUT2D eigenvalue weighted by molar-refractivity contribution is 6.00. The highest BCUT2D eigenvalue weighted by atomic mass is 16.4. The van der Waals surface area contributed by atoms with E-state index in [2.05, 4.69) is 119 Å². The van der Waals surface area contributed by atoms with E-state index in [1.807, 2.05) is 13.8 Å². The third kappa shape index (κ3) is 38.0. The lowest BCUT2D eigenvalue weighted by Crippen LogP contribution is -2.61. The Labute approximate surface area is 727 Å². The lowest BCUT2D eigenvalue weighted by molar-refractivity contribution is -0.142. The minimum atomic E-state index is -1.58. The van der Waals surface area contributed by atoms with Gasteiger partial charge in [0.1, 0.15) is 78.5 Å². The van der Waals surface area contributed by atoms with Crippen molar-refractivity contribution in [3.63, 3.8) is 0 Å². The number of aromatic amines is 5. The van der Waals surface area contributed by atoms with Gasteiger partial charge >= 0.3 is 11.9 Å². The molecule has 692 valence electrons. The fourth-order valence-corrected chi connectivity index (χ4v) is 13.8. The maximum absolute atomic E-state index is 15.1. The maximum atomic E-state index is 15.1. The van der Waals surface area contributed by atoms with E-state index in [1.54, 1.807) is 83.1 Å². The molecule has 0 fully saturated rings. The van der Waals surface area contributed by atoms with Gasteiger partial charge in [-0.3, -0.25) is 67.1 Å². The van der Waals surface area contributed by atoms with Gasteiger partial charge in [0.2, 0.25) is 76.8 Å². The molecule has 0 aliphatic carbocycles. The molecule has 5 heterocycles. The second kappa shape index (κ2) is 52.6. The van der Waals surface area contributed by atoms with Gasteiger partial charge in [-0.2, -0.15) is 0 Å². The molecule has 42 heteroatoms. The number of carbonyl (C=O) groups is 15. The number of carboxylic acid groups (broad SMARTS) is 2. The van der Waals surface area contributed by atoms with Gasteiger partial charge in [-0.25, -0.2) is 29.7 Å². The number of hydrogen-bond donors (Lipinski definition) is 22. The van der Waals surface area contributed by atoms with Crippen LogP contribution < -0.4 is 80.6 Å². The van der Waals surface area contributed by atoms with E-state index < -0.39 is 186 Å². The number of H-pyrrole nitrogens is 5. The molecule has 0 spiro atoms. The van der Waals surface area contributed by atoms with Crippen LogP contribution in [-0.2, 0) is 104 Å². The van der Waals surface area contributed by atoms with Gasteiger partial charge in [-0.1, -0.05) is 96.9 Å². The average molecular weight is 1750 g/mol. The van der Waals surface area contributed by atoms with Crippen molar-refractivity contribution in [2.24, 2.45) is 52.9 Å². The largest absolute Gasteiger partial charge is 0.481 e. The molecule has 5 aromatic heterocycles. The number of rotatable bonds is 58. The standard InChI is InChI=1S/C83H133N25O17/c1-43(2)21-55(85)70(111)98-64(28-50-33-86-38-91-50)78(119)96-56(18-19-69(109)110)71(112)99-58(22-44(3)4)72(113)100-62(26-48(11)12)76(117)106-66(30-52-35-88-40-93-52)80(121)103-59(23-45(5)6)73(114)102-63(27-49(13)14)77(118)107-68(32-54-37-90-42-95-54)82(123)108-67(31-53-36-89-41-94-53)81(122)104-60(24-46(7)8)74(115)101-61(25-47(9)10)75(116)105-65(29-51-34-87-39-92-51)79(120)97-57(83(124)125)17-15-16-20-84/h33-49,55-68H,15-32,84-85H2,1-14H3,(H,86,91)(H,87,92)(H,88,93)(H,89,94)(H,90,95)(H,96,119)(H,97,120)(H,98,111)(H,99,112)(H,100,113)(H,101,115)(H,102,114)(H,103,121)(H,104,122)(H,105,116)(H,106,117)(H,107,118)(H,108,123)(H,109,110)(H,124,125)/t55-,56-,57-,58-,59-,60-,61-,62-,63-,64-,65-,66-,67-,68-/m0/s1. The highest BCUT2D eigenvalue weighted by Crippen LogP contribution is 2.18. The smallest absolute Gasteiger partial charge is 0.326 e. The number of carbonyl (C=O) groups excluding carboxylic acids is 13. The zero-order valence-corrected chi connectivity index (χ0v) is 74.0. The van der Waals surface area contributed by atoms with Crippen LogP contribution >= 0.6 is 0 Å². The SMILES string of the molecule is CC(C)C[C@H](NC(=O)[C@H](CC(C)C)NC(=O)[C@H](Cc1cnc[nH]1)NC(=O)[C@H](Cc1cnc[nH]1)NC(=O)[C@H](CC(C)C)NC(=O)[C@H](CC(C)C)NC(=O)[C@H](Cc1cnc[nH]1)NC(=O)[C@H](CC(C)C)NC(=O)[C@H](CC(C)C)NC(=O)[C@H](CCC(=O)O)NC(=O)[C@H](Cc1cnc[nH]1)NC(=O)[C@@H](N)CC(C)C)C(=O)N[C@@H](Cc1cnc[nH]1)C(=O)N[C@@H](CCCCN)C(=O)O. The Bertz CT molecular complexity index is 4210. The number of nitrogens with zero attached hydrogens (tertiary/aromatic N) is 5. The fraction of sp³-hybridized carbons (Fsp3) is 0.639. The summed E-state index contributed by atoms with van der Waals surface area (Å²) in [5.74, 6) is -15.2. The van der Waals surface area contributed by atoms with Gasteiger partial charge in [0, 0.05) is 98.0 Å². The lowest BCUT2D eigenvalue weighted by atomic mass is 9.98. The van der Waals surface area contributed by atoms with Crippen molar-refractivity contribution in [2.45, 2.75) is 291 Å². The molecule has 0 aromatic carbocycles. The molecule has 5 aromatic rings. The summed E-state index contributed by atoms with van der Waals surface area (Å²) in [6.07, 6.45) is 13.0. The zero-order valence-electron chi connectivity index (χ0n) is 74.0. The second-order valence-corrected chi connectivity index (χ2v) is 34.8. The van der Waals surface area contributed by atoms with Crippen LogP contribution in [0.25, 0.3) is 0 Å². The van der Waals surface area contributed by atoms with Crippen molar-refractivity contribution < 1.29 is 82.1 Å². The van der Waals surface area contributed by atoms with Gasteiger partial charge in [0.05, 0.1) is 37.7 Å². The van der Waals surface area contributed by atoms with E-state index in [0.29, 0.717) is 47.9 Å². The number of aliphatic carboxylic acids is 2. The molecule has 24 N–H and O–H groups in total. The number of carboxylic acids is 2. The highest BCUT2D eigenvalue weighted by Gasteiger charge is 2.40. The van der Waals surface area contributed by atoms with E-state index in [-0.39, 0.29) is 125 Å². The van der Waals surface area contributed by atoms with E-state index >= 15 is 9.59 Å². The molecule has 0 saturated carbocycles. The Hall–Kier alpha value is -12.0. The first-order valence-electron chi connectivity index (χ1n) is 42.8. The van der Waals surface area contributed by atoms with Gasteiger partial charge in [-0.15, -0.1) is 0 Å². The van der Waals surface area contributed by atoms with Crippen LogP contribution in [0.15, 0.2) is 62.6 Å². The first-order valence-corrected chi connectivity index (χ1v) is 42.8. The third-order valence-corrected chi connectivity index (χ3v) is 20.0. The van der Waals surface area contributed by atoms with Crippen LogP contribution in [0.4, 0.5) is 0 Å². The van der Waals surface area contributed by atoms with Crippen molar-refractivity contribution in [3.05, 3.63) is 91.1 Å². The molecule has 0 saturated heterocycles. The van der Waals surface area contributed by atoms with Gasteiger partial charge in [0.15, 0.2) is 0 Å². The Morgan fingerprint density at radius 3 is 0.680 bits per heavy atom. The molecule has 14 atom stereocenters. The molecule has 125 heavy (non-hydrogen) atoms. The summed E-state index contributed by atoms with van der Waals surface area (Å²) in [4.78, 5) is 249. The first kappa shape index (κ1) is 104. The van der Waals surface area contributed by atoms with Crippen LogP contribution in [0.5, 0.6) is 0 Å². The quantitative estimate of drug-likeness (QED) is 0.0225. The first-order chi connectivity index (χ1) is 59.1. The van der Waals surface area contributed by atoms with Crippen LogP contribution in [0.3, 0.4) is 0 Å².